The number of cyclic esters (lactones) is 1. The van der Waals surface area contributed by atoms with Gasteiger partial charge in [0.25, 0.3) is 0 Å². The van der Waals surface area contributed by atoms with E-state index in [-0.39, 0.29) is 30.7 Å². The van der Waals surface area contributed by atoms with Gasteiger partial charge in [-0.2, -0.15) is 5.26 Å². The molecule has 2 aromatic carbocycles. The summed E-state index contributed by atoms with van der Waals surface area (Å²) in [6, 6.07) is 18.6. The highest BCUT2D eigenvalue weighted by Gasteiger charge is 2.35. The maximum atomic E-state index is 12.5. The smallest absolute Gasteiger partial charge is 0.414 e. The number of nitrogens with zero attached hydrogens (tertiary/aromatic N) is 3. The lowest BCUT2D eigenvalue weighted by Gasteiger charge is -2.32. The van der Waals surface area contributed by atoms with Gasteiger partial charge in [-0.3, -0.25) is 14.6 Å². The van der Waals surface area contributed by atoms with E-state index in [2.05, 4.69) is 11.0 Å². The Labute approximate surface area is 181 Å². The van der Waals surface area contributed by atoms with Crippen LogP contribution in [0.2, 0.25) is 0 Å². The van der Waals surface area contributed by atoms with Crippen molar-refractivity contribution >= 4 is 17.7 Å². The van der Waals surface area contributed by atoms with Crippen LogP contribution in [0.4, 0.5) is 10.5 Å². The Bertz CT molecular complexity index is 955. The standard InChI is InChI=1S/C24H25N3O4/c25-13-18-8-10-21(11-9-18)27-16-22(31-24(27)29)15-26-12-4-7-20(14-26)23(28)30-17-19-5-2-1-3-6-19/h1-3,5-6,8-11,20,22H,4,7,12,14-17H2. The number of nitriles is 1. The van der Waals surface area contributed by atoms with E-state index in [1.807, 2.05) is 30.3 Å². The number of rotatable bonds is 6. The zero-order chi connectivity index (χ0) is 21.6. The maximum Gasteiger partial charge on any atom is 0.414 e. The number of carbonyl (C=O) groups is 2. The molecule has 31 heavy (non-hydrogen) atoms. The summed E-state index contributed by atoms with van der Waals surface area (Å²) in [6.07, 6.45) is 1.07. The number of likely N-dealkylation sites (tertiary alicyclic amines) is 1. The van der Waals surface area contributed by atoms with E-state index >= 15 is 0 Å². The summed E-state index contributed by atoms with van der Waals surface area (Å²) >= 11 is 0. The van der Waals surface area contributed by atoms with Gasteiger partial charge in [-0.05, 0) is 49.2 Å². The molecule has 1 amide bonds. The molecule has 2 heterocycles. The highest BCUT2D eigenvalue weighted by molar-refractivity contribution is 5.89. The average molecular weight is 419 g/mol. The molecule has 0 spiro atoms. The normalized spacial score (nSPS) is 21.4. The van der Waals surface area contributed by atoms with E-state index in [1.54, 1.807) is 29.2 Å². The lowest BCUT2D eigenvalue weighted by Crippen LogP contribution is -2.43. The van der Waals surface area contributed by atoms with Gasteiger partial charge in [-0.1, -0.05) is 30.3 Å². The van der Waals surface area contributed by atoms with Gasteiger partial charge in [-0.25, -0.2) is 4.79 Å². The van der Waals surface area contributed by atoms with Crippen LogP contribution in [0.15, 0.2) is 54.6 Å². The van der Waals surface area contributed by atoms with Gasteiger partial charge in [0.05, 0.1) is 24.1 Å². The number of hydrogen-bond donors (Lipinski definition) is 0. The quantitative estimate of drug-likeness (QED) is 0.668. The van der Waals surface area contributed by atoms with Crippen molar-refractivity contribution in [3.63, 3.8) is 0 Å². The first-order chi connectivity index (χ1) is 15.1. The summed E-state index contributed by atoms with van der Waals surface area (Å²) in [4.78, 5) is 28.6. The number of piperidine rings is 1. The molecule has 0 bridgehead atoms. The predicted molar refractivity (Wildman–Crippen MR) is 114 cm³/mol. The zero-order valence-corrected chi connectivity index (χ0v) is 17.3. The number of ether oxygens (including phenoxy) is 2. The van der Waals surface area contributed by atoms with E-state index < -0.39 is 0 Å². The summed E-state index contributed by atoms with van der Waals surface area (Å²) in [5.41, 5.74) is 2.24. The molecule has 2 saturated heterocycles. The number of benzene rings is 2. The predicted octanol–water partition coefficient (Wildman–Crippen LogP) is 3.34. The second-order valence-corrected chi connectivity index (χ2v) is 7.97. The van der Waals surface area contributed by atoms with E-state index in [0.29, 0.717) is 30.9 Å². The van der Waals surface area contributed by atoms with Crippen LogP contribution >= 0.6 is 0 Å². The molecule has 2 atom stereocenters. The van der Waals surface area contributed by atoms with Crippen molar-refractivity contribution in [3.8, 4) is 6.07 Å². The number of anilines is 1. The molecule has 0 N–H and O–H groups in total. The van der Waals surface area contributed by atoms with Gasteiger partial charge in [0.2, 0.25) is 0 Å². The third kappa shape index (κ3) is 5.22. The molecule has 2 aliphatic rings. The second-order valence-electron chi connectivity index (χ2n) is 7.97. The largest absolute Gasteiger partial charge is 0.461 e. The lowest BCUT2D eigenvalue weighted by atomic mass is 9.98. The number of esters is 1. The fraction of sp³-hybridized carbons (Fsp3) is 0.375. The van der Waals surface area contributed by atoms with Crippen LogP contribution in [0.1, 0.15) is 24.0 Å². The highest BCUT2D eigenvalue weighted by Crippen LogP contribution is 2.24. The molecule has 7 nitrogen and oxygen atoms in total. The minimum atomic E-state index is -0.384. The first kappa shape index (κ1) is 20.9. The van der Waals surface area contributed by atoms with Crippen LogP contribution in [0.25, 0.3) is 0 Å². The SMILES string of the molecule is N#Cc1ccc(N2CC(CN3CCCC(C(=O)OCc4ccccc4)C3)OC2=O)cc1. The van der Waals surface area contributed by atoms with Crippen LogP contribution in [-0.2, 0) is 20.9 Å². The molecular formula is C24H25N3O4. The third-order valence-electron chi connectivity index (χ3n) is 5.71. The molecule has 2 aromatic rings. The van der Waals surface area contributed by atoms with Crippen molar-refractivity contribution in [3.05, 3.63) is 65.7 Å². The van der Waals surface area contributed by atoms with Gasteiger partial charge in [0.1, 0.15) is 12.7 Å². The van der Waals surface area contributed by atoms with Crippen LogP contribution in [0.5, 0.6) is 0 Å². The van der Waals surface area contributed by atoms with Gasteiger partial charge < -0.3 is 9.47 Å². The first-order valence-corrected chi connectivity index (χ1v) is 10.5. The fourth-order valence-corrected chi connectivity index (χ4v) is 4.09. The number of carbonyl (C=O) groups excluding carboxylic acids is 2. The Morgan fingerprint density at radius 2 is 1.90 bits per heavy atom. The van der Waals surface area contributed by atoms with E-state index in [9.17, 15) is 9.59 Å². The molecule has 2 fully saturated rings. The molecule has 0 aliphatic carbocycles. The van der Waals surface area contributed by atoms with Crippen molar-refractivity contribution in [2.24, 2.45) is 5.92 Å². The molecule has 7 heteroatoms. The van der Waals surface area contributed by atoms with Crippen molar-refractivity contribution in [2.75, 3.05) is 31.1 Å². The summed E-state index contributed by atoms with van der Waals surface area (Å²) in [5, 5.41) is 8.93. The molecule has 0 saturated carbocycles. The van der Waals surface area contributed by atoms with E-state index in [0.717, 1.165) is 24.9 Å². The molecule has 4 rings (SSSR count). The molecular weight excluding hydrogens is 394 g/mol. The summed E-state index contributed by atoms with van der Waals surface area (Å²) < 4.78 is 11.1. The van der Waals surface area contributed by atoms with Gasteiger partial charge in [-0.15, -0.1) is 0 Å². The minimum Gasteiger partial charge on any atom is -0.461 e. The fourth-order valence-electron chi connectivity index (χ4n) is 4.09. The van der Waals surface area contributed by atoms with Crippen LogP contribution < -0.4 is 4.90 Å². The molecule has 160 valence electrons. The summed E-state index contributed by atoms with van der Waals surface area (Å²) in [6.45, 7) is 2.80. The summed E-state index contributed by atoms with van der Waals surface area (Å²) in [7, 11) is 0. The van der Waals surface area contributed by atoms with Crippen LogP contribution in [0.3, 0.4) is 0 Å². The van der Waals surface area contributed by atoms with Gasteiger partial charge in [0.15, 0.2) is 0 Å². The maximum absolute atomic E-state index is 12.5. The van der Waals surface area contributed by atoms with Crippen molar-refractivity contribution in [2.45, 2.75) is 25.6 Å². The van der Waals surface area contributed by atoms with Gasteiger partial charge >= 0.3 is 12.1 Å². The Balaban J connectivity index is 1.28. The van der Waals surface area contributed by atoms with Crippen molar-refractivity contribution in [1.29, 1.82) is 5.26 Å². The average Bonchev–Trinajstić information content (AvgIpc) is 3.18. The lowest BCUT2D eigenvalue weighted by molar-refractivity contribution is -0.152. The monoisotopic (exact) mass is 419 g/mol. The number of amides is 1. The third-order valence-corrected chi connectivity index (χ3v) is 5.71. The van der Waals surface area contributed by atoms with Crippen LogP contribution in [0, 0.1) is 17.2 Å². The Hall–Kier alpha value is -3.37. The van der Waals surface area contributed by atoms with E-state index in [4.69, 9.17) is 14.7 Å². The molecule has 0 radical (unpaired) electrons. The molecule has 2 aliphatic heterocycles. The Morgan fingerprint density at radius 1 is 1.13 bits per heavy atom. The summed E-state index contributed by atoms with van der Waals surface area (Å²) in [5.74, 6) is -0.333. The zero-order valence-electron chi connectivity index (χ0n) is 17.3. The Kier molecular flexibility index (Phi) is 6.48. The number of hydrogen-bond acceptors (Lipinski definition) is 6. The topological polar surface area (TPSA) is 82.9 Å². The minimum absolute atomic E-state index is 0.163. The molecule has 2 unspecified atom stereocenters. The van der Waals surface area contributed by atoms with Gasteiger partial charge in [0, 0.05) is 18.8 Å². The van der Waals surface area contributed by atoms with Crippen molar-refractivity contribution in [1.82, 2.24) is 4.90 Å². The molecule has 0 aromatic heterocycles. The van der Waals surface area contributed by atoms with Crippen LogP contribution in [-0.4, -0.2) is 49.2 Å². The van der Waals surface area contributed by atoms with Crippen molar-refractivity contribution < 1.29 is 19.1 Å². The highest BCUT2D eigenvalue weighted by atomic mass is 16.6. The Morgan fingerprint density at radius 3 is 2.65 bits per heavy atom. The van der Waals surface area contributed by atoms with E-state index in [1.165, 1.54) is 0 Å². The second kappa shape index (κ2) is 9.63. The first-order valence-electron chi connectivity index (χ1n) is 10.5.